The van der Waals surface area contributed by atoms with Crippen LogP contribution >= 0.6 is 0 Å². The number of imidazole rings is 1. The number of nitrogens with zero attached hydrogens (tertiary/aromatic N) is 3. The van der Waals surface area contributed by atoms with Crippen molar-refractivity contribution in [2.45, 2.75) is 37.8 Å². The van der Waals surface area contributed by atoms with Gasteiger partial charge < -0.3 is 14.6 Å². The quantitative estimate of drug-likeness (QED) is 0.813. The first-order chi connectivity index (χ1) is 7.68. The average molecular weight is 223 g/mol. The van der Waals surface area contributed by atoms with Crippen LogP contribution in [0.1, 0.15) is 25.7 Å². The SMILES string of the molecule is CN(CCn1ccnc1)CC1(O)CCCC1. The summed E-state index contributed by atoms with van der Waals surface area (Å²) < 4.78 is 2.06. The van der Waals surface area contributed by atoms with E-state index in [4.69, 9.17) is 0 Å². The summed E-state index contributed by atoms with van der Waals surface area (Å²) in [5.41, 5.74) is -0.427. The zero-order valence-corrected chi connectivity index (χ0v) is 9.97. The first-order valence-corrected chi connectivity index (χ1v) is 6.05. The Balaban J connectivity index is 1.73. The van der Waals surface area contributed by atoms with Crippen LogP contribution in [0, 0.1) is 0 Å². The minimum Gasteiger partial charge on any atom is -0.389 e. The number of rotatable bonds is 5. The van der Waals surface area contributed by atoms with Crippen molar-refractivity contribution in [3.63, 3.8) is 0 Å². The first kappa shape index (κ1) is 11.6. The minimum absolute atomic E-state index is 0.427. The lowest BCUT2D eigenvalue weighted by molar-refractivity contribution is 0.0157. The number of aromatic nitrogens is 2. The fraction of sp³-hybridized carbons (Fsp3) is 0.750. The van der Waals surface area contributed by atoms with Crippen LogP contribution in [-0.4, -0.2) is 45.3 Å². The molecule has 4 nitrogen and oxygen atoms in total. The highest BCUT2D eigenvalue weighted by atomic mass is 16.3. The van der Waals surface area contributed by atoms with Crippen LogP contribution in [0.25, 0.3) is 0 Å². The van der Waals surface area contributed by atoms with Crippen LogP contribution in [0.5, 0.6) is 0 Å². The monoisotopic (exact) mass is 223 g/mol. The zero-order chi connectivity index (χ0) is 11.4. The number of hydrogen-bond donors (Lipinski definition) is 1. The molecule has 0 bridgehead atoms. The molecule has 1 aliphatic rings. The topological polar surface area (TPSA) is 41.3 Å². The summed E-state index contributed by atoms with van der Waals surface area (Å²) in [6, 6.07) is 0. The smallest absolute Gasteiger partial charge is 0.0946 e. The second-order valence-corrected chi connectivity index (χ2v) is 4.97. The molecule has 0 atom stereocenters. The van der Waals surface area contributed by atoms with Gasteiger partial charge in [-0.3, -0.25) is 0 Å². The van der Waals surface area contributed by atoms with Gasteiger partial charge in [-0.05, 0) is 19.9 Å². The average Bonchev–Trinajstić information content (AvgIpc) is 2.86. The number of hydrogen-bond acceptors (Lipinski definition) is 3. The lowest BCUT2D eigenvalue weighted by Gasteiger charge is -2.28. The molecule has 0 aromatic carbocycles. The summed E-state index contributed by atoms with van der Waals surface area (Å²) in [4.78, 5) is 6.23. The molecule has 1 fully saturated rings. The van der Waals surface area contributed by atoms with Crippen molar-refractivity contribution in [1.82, 2.24) is 14.5 Å². The van der Waals surface area contributed by atoms with Crippen LogP contribution in [0.15, 0.2) is 18.7 Å². The molecule has 0 aliphatic heterocycles. The second-order valence-electron chi connectivity index (χ2n) is 4.97. The summed E-state index contributed by atoms with van der Waals surface area (Å²) in [5, 5.41) is 10.3. The largest absolute Gasteiger partial charge is 0.389 e. The second kappa shape index (κ2) is 4.97. The summed E-state index contributed by atoms with van der Waals surface area (Å²) >= 11 is 0. The molecule has 0 radical (unpaired) electrons. The third kappa shape index (κ3) is 3.06. The maximum absolute atomic E-state index is 10.3. The molecule has 90 valence electrons. The third-order valence-corrected chi connectivity index (χ3v) is 3.40. The molecular formula is C12H21N3O. The number of aliphatic hydroxyl groups is 1. The molecule has 1 N–H and O–H groups in total. The lowest BCUT2D eigenvalue weighted by Crippen LogP contribution is -2.40. The Labute approximate surface area is 96.9 Å². The van der Waals surface area contributed by atoms with E-state index in [-0.39, 0.29) is 0 Å². The van der Waals surface area contributed by atoms with Gasteiger partial charge in [0.05, 0.1) is 11.9 Å². The molecule has 0 saturated heterocycles. The van der Waals surface area contributed by atoms with Gasteiger partial charge in [0.25, 0.3) is 0 Å². The van der Waals surface area contributed by atoms with Crippen molar-refractivity contribution < 1.29 is 5.11 Å². The molecule has 16 heavy (non-hydrogen) atoms. The Kier molecular flexibility index (Phi) is 3.61. The molecule has 1 heterocycles. The van der Waals surface area contributed by atoms with Gasteiger partial charge in [0.2, 0.25) is 0 Å². The fourth-order valence-corrected chi connectivity index (χ4v) is 2.48. The van der Waals surface area contributed by atoms with Crippen LogP contribution in [-0.2, 0) is 6.54 Å². The highest BCUT2D eigenvalue weighted by Crippen LogP contribution is 2.29. The van der Waals surface area contributed by atoms with Crippen LogP contribution in [0.2, 0.25) is 0 Å². The highest BCUT2D eigenvalue weighted by molar-refractivity contribution is 4.86. The van der Waals surface area contributed by atoms with Crippen molar-refractivity contribution in [3.05, 3.63) is 18.7 Å². The van der Waals surface area contributed by atoms with Gasteiger partial charge in [0.15, 0.2) is 0 Å². The Morgan fingerprint density at radius 2 is 2.19 bits per heavy atom. The summed E-state index contributed by atoms with van der Waals surface area (Å²) in [7, 11) is 2.08. The Morgan fingerprint density at radius 3 is 2.81 bits per heavy atom. The van der Waals surface area contributed by atoms with Gasteiger partial charge in [-0.25, -0.2) is 4.98 Å². The third-order valence-electron chi connectivity index (χ3n) is 3.40. The predicted octanol–water partition coefficient (Wildman–Crippen LogP) is 1.12. The molecule has 1 aromatic heterocycles. The summed E-state index contributed by atoms with van der Waals surface area (Å²) in [6.07, 6.45) is 9.86. The molecule has 0 spiro atoms. The normalized spacial score (nSPS) is 19.4. The van der Waals surface area contributed by atoms with Gasteiger partial charge in [-0.1, -0.05) is 12.8 Å². The Bertz CT molecular complexity index is 304. The van der Waals surface area contributed by atoms with Crippen molar-refractivity contribution in [1.29, 1.82) is 0 Å². The predicted molar refractivity (Wildman–Crippen MR) is 63.1 cm³/mol. The van der Waals surface area contributed by atoms with Crippen LogP contribution < -0.4 is 0 Å². The lowest BCUT2D eigenvalue weighted by atomic mass is 10.0. The standard InChI is InChI=1S/C12H21N3O/c1-14(8-9-15-7-6-13-11-15)10-12(16)4-2-3-5-12/h6-7,11,16H,2-5,8-10H2,1H3. The van der Waals surface area contributed by atoms with Crippen molar-refractivity contribution in [2.75, 3.05) is 20.1 Å². The number of likely N-dealkylation sites (N-methyl/N-ethyl adjacent to an activating group) is 1. The molecule has 0 unspecified atom stereocenters. The maximum Gasteiger partial charge on any atom is 0.0946 e. The minimum atomic E-state index is -0.427. The maximum atomic E-state index is 10.3. The first-order valence-electron chi connectivity index (χ1n) is 6.05. The molecule has 2 rings (SSSR count). The van der Waals surface area contributed by atoms with E-state index >= 15 is 0 Å². The van der Waals surface area contributed by atoms with E-state index in [1.165, 1.54) is 12.8 Å². The van der Waals surface area contributed by atoms with Gasteiger partial charge in [0, 0.05) is 32.0 Å². The highest BCUT2D eigenvalue weighted by Gasteiger charge is 2.31. The van der Waals surface area contributed by atoms with E-state index in [9.17, 15) is 5.11 Å². The van der Waals surface area contributed by atoms with Crippen LogP contribution in [0.4, 0.5) is 0 Å². The van der Waals surface area contributed by atoms with E-state index < -0.39 is 5.60 Å². The fourth-order valence-electron chi connectivity index (χ4n) is 2.48. The van der Waals surface area contributed by atoms with Gasteiger partial charge in [0.1, 0.15) is 0 Å². The molecule has 1 aromatic rings. The Morgan fingerprint density at radius 1 is 1.44 bits per heavy atom. The molecule has 4 heteroatoms. The van der Waals surface area contributed by atoms with E-state index in [2.05, 4.69) is 21.5 Å². The summed E-state index contributed by atoms with van der Waals surface area (Å²) in [6.45, 7) is 2.69. The van der Waals surface area contributed by atoms with Gasteiger partial charge in [-0.2, -0.15) is 0 Å². The van der Waals surface area contributed by atoms with Gasteiger partial charge >= 0.3 is 0 Å². The van der Waals surface area contributed by atoms with Crippen LogP contribution in [0.3, 0.4) is 0 Å². The van der Waals surface area contributed by atoms with E-state index in [0.29, 0.717) is 0 Å². The van der Waals surface area contributed by atoms with Gasteiger partial charge in [-0.15, -0.1) is 0 Å². The van der Waals surface area contributed by atoms with Crippen molar-refractivity contribution in [2.24, 2.45) is 0 Å². The van der Waals surface area contributed by atoms with E-state index in [0.717, 1.165) is 32.5 Å². The zero-order valence-electron chi connectivity index (χ0n) is 9.97. The Hall–Kier alpha value is -0.870. The van der Waals surface area contributed by atoms with E-state index in [1.54, 1.807) is 6.20 Å². The molecular weight excluding hydrogens is 202 g/mol. The van der Waals surface area contributed by atoms with E-state index in [1.807, 2.05) is 12.5 Å². The summed E-state index contributed by atoms with van der Waals surface area (Å²) in [5.74, 6) is 0. The van der Waals surface area contributed by atoms with Crippen molar-refractivity contribution >= 4 is 0 Å². The molecule has 0 amide bonds. The molecule has 1 saturated carbocycles. The molecule has 1 aliphatic carbocycles. The van der Waals surface area contributed by atoms with Crippen molar-refractivity contribution in [3.8, 4) is 0 Å².